The van der Waals surface area contributed by atoms with Gasteiger partial charge in [-0.3, -0.25) is 0 Å². The molecule has 1 unspecified atom stereocenters. The normalized spacial score (nSPS) is 20.2. The molecule has 1 fully saturated rings. The van der Waals surface area contributed by atoms with Crippen molar-refractivity contribution in [2.75, 3.05) is 30.0 Å². The topological polar surface area (TPSA) is 86.7 Å². The first-order valence-electron chi connectivity index (χ1n) is 6.87. The van der Waals surface area contributed by atoms with Crippen molar-refractivity contribution in [2.45, 2.75) is 19.4 Å². The molecule has 2 rings (SSSR count). The SMILES string of the molecule is Cc1ccc(NC(=O)N(CCO)C2CCS(=O)(=O)C2)cc1. The average Bonchev–Trinajstić information content (AvgIpc) is 2.78. The second-order valence-corrected chi connectivity index (χ2v) is 7.50. The number of hydrogen-bond donors (Lipinski definition) is 2. The number of hydrogen-bond acceptors (Lipinski definition) is 4. The van der Waals surface area contributed by atoms with Crippen molar-refractivity contribution in [1.82, 2.24) is 4.90 Å². The van der Waals surface area contributed by atoms with Crippen LogP contribution in [0.4, 0.5) is 10.5 Å². The maximum Gasteiger partial charge on any atom is 0.322 e. The third-order valence-electron chi connectivity index (χ3n) is 3.55. The number of carbonyl (C=O) groups excluding carboxylic acids is 1. The van der Waals surface area contributed by atoms with Gasteiger partial charge in [0.25, 0.3) is 0 Å². The molecule has 0 aromatic heterocycles. The number of aliphatic hydroxyl groups excluding tert-OH is 1. The van der Waals surface area contributed by atoms with Gasteiger partial charge in [-0.1, -0.05) is 17.7 Å². The van der Waals surface area contributed by atoms with Crippen LogP contribution in [0.2, 0.25) is 0 Å². The molecule has 6 nitrogen and oxygen atoms in total. The highest BCUT2D eigenvalue weighted by atomic mass is 32.2. The largest absolute Gasteiger partial charge is 0.395 e. The van der Waals surface area contributed by atoms with Crippen molar-refractivity contribution < 1.29 is 18.3 Å². The zero-order chi connectivity index (χ0) is 15.5. The summed E-state index contributed by atoms with van der Waals surface area (Å²) in [4.78, 5) is 13.7. The van der Waals surface area contributed by atoms with Crippen LogP contribution >= 0.6 is 0 Å². The lowest BCUT2D eigenvalue weighted by Crippen LogP contribution is -2.45. The smallest absolute Gasteiger partial charge is 0.322 e. The summed E-state index contributed by atoms with van der Waals surface area (Å²) in [6, 6.07) is 6.59. The predicted octanol–water partition coefficient (Wildman–Crippen LogP) is 1.01. The maximum atomic E-state index is 12.3. The van der Waals surface area contributed by atoms with E-state index < -0.39 is 9.84 Å². The van der Waals surface area contributed by atoms with Crippen LogP contribution in [0.15, 0.2) is 24.3 Å². The van der Waals surface area contributed by atoms with Crippen LogP contribution in [-0.4, -0.2) is 55.2 Å². The van der Waals surface area contributed by atoms with Crippen LogP contribution in [0.5, 0.6) is 0 Å². The standard InChI is InChI=1S/C14H20N2O4S/c1-11-2-4-12(5-3-11)15-14(18)16(7-8-17)13-6-9-21(19,20)10-13/h2-5,13,17H,6-10H2,1H3,(H,15,18). The molecule has 1 aliphatic rings. The molecule has 0 aliphatic carbocycles. The first-order valence-corrected chi connectivity index (χ1v) is 8.69. The highest BCUT2D eigenvalue weighted by Gasteiger charge is 2.34. The maximum absolute atomic E-state index is 12.3. The molecule has 1 heterocycles. The van der Waals surface area contributed by atoms with E-state index >= 15 is 0 Å². The van der Waals surface area contributed by atoms with Gasteiger partial charge in [-0.25, -0.2) is 13.2 Å². The van der Waals surface area contributed by atoms with Gasteiger partial charge in [-0.2, -0.15) is 0 Å². The van der Waals surface area contributed by atoms with Gasteiger partial charge in [0.2, 0.25) is 0 Å². The van der Waals surface area contributed by atoms with Gasteiger partial charge in [0, 0.05) is 18.3 Å². The van der Waals surface area contributed by atoms with Crippen molar-refractivity contribution in [3.05, 3.63) is 29.8 Å². The number of rotatable bonds is 4. The number of benzene rings is 1. The van der Waals surface area contributed by atoms with E-state index in [-0.39, 0.29) is 36.7 Å². The number of aryl methyl sites for hydroxylation is 1. The Morgan fingerprint density at radius 2 is 2.05 bits per heavy atom. The molecule has 1 atom stereocenters. The van der Waals surface area contributed by atoms with E-state index in [9.17, 15) is 13.2 Å². The molecular weight excluding hydrogens is 292 g/mol. The van der Waals surface area contributed by atoms with Gasteiger partial charge in [0.15, 0.2) is 9.84 Å². The number of anilines is 1. The van der Waals surface area contributed by atoms with E-state index in [0.29, 0.717) is 12.1 Å². The van der Waals surface area contributed by atoms with Crippen LogP contribution in [-0.2, 0) is 9.84 Å². The molecule has 0 bridgehead atoms. The molecule has 1 aromatic rings. The summed E-state index contributed by atoms with van der Waals surface area (Å²) in [5.74, 6) is 0.0612. The van der Waals surface area contributed by atoms with Gasteiger partial charge < -0.3 is 15.3 Å². The summed E-state index contributed by atoms with van der Waals surface area (Å²) >= 11 is 0. The third-order valence-corrected chi connectivity index (χ3v) is 5.30. The zero-order valence-electron chi connectivity index (χ0n) is 11.9. The van der Waals surface area contributed by atoms with Gasteiger partial charge in [0.05, 0.1) is 18.1 Å². The fourth-order valence-electron chi connectivity index (χ4n) is 2.41. The first-order chi connectivity index (χ1) is 9.91. The quantitative estimate of drug-likeness (QED) is 0.868. The Bertz CT molecular complexity index is 598. The highest BCUT2D eigenvalue weighted by molar-refractivity contribution is 7.91. The molecule has 0 spiro atoms. The fraction of sp³-hybridized carbons (Fsp3) is 0.500. The van der Waals surface area contributed by atoms with Crippen molar-refractivity contribution in [1.29, 1.82) is 0 Å². The summed E-state index contributed by atoms with van der Waals surface area (Å²) in [6.45, 7) is 1.88. The number of nitrogens with zero attached hydrogens (tertiary/aromatic N) is 1. The minimum absolute atomic E-state index is 0.0334. The van der Waals surface area contributed by atoms with E-state index in [1.807, 2.05) is 19.1 Å². The fourth-order valence-corrected chi connectivity index (χ4v) is 4.14. The summed E-state index contributed by atoms with van der Waals surface area (Å²) in [5, 5.41) is 11.8. The van der Waals surface area contributed by atoms with E-state index in [4.69, 9.17) is 5.11 Å². The van der Waals surface area contributed by atoms with Crippen molar-refractivity contribution >= 4 is 21.6 Å². The Morgan fingerprint density at radius 1 is 1.38 bits per heavy atom. The number of nitrogens with one attached hydrogen (secondary N) is 1. The number of sulfone groups is 1. The molecule has 1 aliphatic heterocycles. The van der Waals surface area contributed by atoms with Gasteiger partial charge in [-0.05, 0) is 25.5 Å². The first kappa shape index (κ1) is 15.8. The molecule has 116 valence electrons. The number of carbonyl (C=O) groups is 1. The summed E-state index contributed by atoms with van der Waals surface area (Å²) in [7, 11) is -3.07. The Hall–Kier alpha value is -1.60. The van der Waals surface area contributed by atoms with Crippen LogP contribution in [0.25, 0.3) is 0 Å². The number of urea groups is 1. The van der Waals surface area contributed by atoms with E-state index in [1.54, 1.807) is 12.1 Å². The second-order valence-electron chi connectivity index (χ2n) is 5.27. The minimum Gasteiger partial charge on any atom is -0.395 e. The Labute approximate surface area is 124 Å². The van der Waals surface area contributed by atoms with Gasteiger partial charge >= 0.3 is 6.03 Å². The molecule has 0 radical (unpaired) electrons. The highest BCUT2D eigenvalue weighted by Crippen LogP contribution is 2.19. The van der Waals surface area contributed by atoms with Crippen molar-refractivity contribution in [2.24, 2.45) is 0 Å². The van der Waals surface area contributed by atoms with Gasteiger partial charge in [-0.15, -0.1) is 0 Å². The lowest BCUT2D eigenvalue weighted by Gasteiger charge is -2.27. The van der Waals surface area contributed by atoms with Crippen molar-refractivity contribution in [3.63, 3.8) is 0 Å². The minimum atomic E-state index is -3.07. The Balaban J connectivity index is 2.07. The zero-order valence-corrected chi connectivity index (χ0v) is 12.8. The molecule has 1 saturated heterocycles. The number of aliphatic hydroxyl groups is 1. The van der Waals surface area contributed by atoms with E-state index in [2.05, 4.69) is 5.32 Å². The lowest BCUT2D eigenvalue weighted by atomic mass is 10.2. The molecule has 21 heavy (non-hydrogen) atoms. The summed E-state index contributed by atoms with van der Waals surface area (Å²) in [5.41, 5.74) is 1.73. The Kier molecular flexibility index (Phi) is 4.84. The number of amides is 2. The van der Waals surface area contributed by atoms with E-state index in [0.717, 1.165) is 5.56 Å². The van der Waals surface area contributed by atoms with Crippen molar-refractivity contribution in [3.8, 4) is 0 Å². The molecule has 2 amide bonds. The van der Waals surface area contributed by atoms with Gasteiger partial charge in [0.1, 0.15) is 0 Å². The predicted molar refractivity (Wildman–Crippen MR) is 81.0 cm³/mol. The van der Waals surface area contributed by atoms with Crippen LogP contribution in [0, 0.1) is 6.92 Å². The molecule has 2 N–H and O–H groups in total. The average molecular weight is 312 g/mol. The van der Waals surface area contributed by atoms with Crippen LogP contribution in [0.1, 0.15) is 12.0 Å². The third kappa shape index (κ3) is 4.18. The molecular formula is C14H20N2O4S. The lowest BCUT2D eigenvalue weighted by molar-refractivity contribution is 0.169. The van der Waals surface area contributed by atoms with Crippen LogP contribution < -0.4 is 5.32 Å². The molecule has 1 aromatic carbocycles. The Morgan fingerprint density at radius 3 is 2.57 bits per heavy atom. The summed E-state index contributed by atoms with van der Waals surface area (Å²) < 4.78 is 23.1. The molecule has 0 saturated carbocycles. The molecule has 7 heteroatoms. The second kappa shape index (κ2) is 6.44. The monoisotopic (exact) mass is 312 g/mol. The van der Waals surface area contributed by atoms with E-state index in [1.165, 1.54) is 4.90 Å². The van der Waals surface area contributed by atoms with Crippen LogP contribution in [0.3, 0.4) is 0 Å². The summed E-state index contributed by atoms with van der Waals surface area (Å²) in [6.07, 6.45) is 0.420.